The quantitative estimate of drug-likeness (QED) is 0.322. The number of benzene rings is 1. The van der Waals surface area contributed by atoms with Gasteiger partial charge in [-0.2, -0.15) is 0 Å². The van der Waals surface area contributed by atoms with Crippen molar-refractivity contribution in [2.75, 3.05) is 7.11 Å². The third-order valence-electron chi connectivity index (χ3n) is 4.89. The van der Waals surface area contributed by atoms with Gasteiger partial charge in [-0.1, -0.05) is 49.2 Å². The largest absolute Gasteiger partial charge is 0.465 e. The van der Waals surface area contributed by atoms with Crippen LogP contribution in [0.1, 0.15) is 48.6 Å². The van der Waals surface area contributed by atoms with Gasteiger partial charge in [-0.25, -0.2) is 9.78 Å². The van der Waals surface area contributed by atoms with E-state index in [0.29, 0.717) is 12.1 Å². The second-order valence-electron chi connectivity index (χ2n) is 6.81. The van der Waals surface area contributed by atoms with Crippen molar-refractivity contribution in [3.63, 3.8) is 0 Å². The maximum absolute atomic E-state index is 12.6. The summed E-state index contributed by atoms with van der Waals surface area (Å²) in [7, 11) is 1.41. The molecule has 0 amide bonds. The molecule has 29 heavy (non-hydrogen) atoms. The predicted octanol–water partition coefficient (Wildman–Crippen LogP) is 6.09. The number of hydrogen-bond donors (Lipinski definition) is 0. The highest BCUT2D eigenvalue weighted by Gasteiger charge is 2.21. The van der Waals surface area contributed by atoms with Crippen molar-refractivity contribution in [2.24, 2.45) is 0 Å². The van der Waals surface area contributed by atoms with E-state index in [1.807, 2.05) is 54.9 Å². The monoisotopic (exact) mass is 428 g/mol. The van der Waals surface area contributed by atoms with E-state index in [9.17, 15) is 4.79 Å². The lowest BCUT2D eigenvalue weighted by Crippen LogP contribution is -2.11. The molecule has 0 aliphatic rings. The number of carbonyl (C=O) groups is 1. The molecule has 0 aliphatic carbocycles. The van der Waals surface area contributed by atoms with Gasteiger partial charge in [-0.15, -0.1) is 11.3 Å². The van der Waals surface area contributed by atoms with E-state index in [1.54, 1.807) is 0 Å². The third kappa shape index (κ3) is 4.80. The van der Waals surface area contributed by atoms with Crippen molar-refractivity contribution in [3.05, 3.63) is 75.0 Å². The summed E-state index contributed by atoms with van der Waals surface area (Å²) >= 11 is 7.95. The van der Waals surface area contributed by atoms with E-state index in [1.165, 1.54) is 18.4 Å². The number of unbranched alkanes of at least 4 members (excludes halogenated alkanes) is 1. The Labute approximate surface area is 180 Å². The fraction of sp³-hybridized carbons (Fsp3) is 0.304. The Morgan fingerprint density at radius 3 is 2.69 bits per heavy atom. The van der Waals surface area contributed by atoms with Gasteiger partial charge in [-0.3, -0.25) is 0 Å². The van der Waals surface area contributed by atoms with Crippen LogP contribution in [0, 0.1) is 0 Å². The summed E-state index contributed by atoms with van der Waals surface area (Å²) in [5, 5.41) is 2.68. The second-order valence-corrected chi connectivity index (χ2v) is 8.16. The number of allylic oxidation sites excluding steroid dienone is 1. The number of nitrogens with zero attached hydrogens (tertiary/aromatic N) is 2. The average molecular weight is 429 g/mol. The summed E-state index contributed by atoms with van der Waals surface area (Å²) in [6.07, 6.45) is 4.87. The SMILES string of the molecule is CCCCc1ncc(/C(C)=C(\C(=O)OC)c2cccs2)n1Cc1ccccc1Cl. The zero-order valence-corrected chi connectivity index (χ0v) is 18.5. The molecule has 0 bridgehead atoms. The molecule has 3 rings (SSSR count). The van der Waals surface area contributed by atoms with Crippen LogP contribution in [0.5, 0.6) is 0 Å². The number of rotatable bonds is 8. The van der Waals surface area contributed by atoms with Crippen molar-refractivity contribution in [1.29, 1.82) is 0 Å². The number of carbonyl (C=O) groups excluding carboxylic acids is 1. The summed E-state index contributed by atoms with van der Waals surface area (Å²) < 4.78 is 7.26. The fourth-order valence-electron chi connectivity index (χ4n) is 3.31. The minimum Gasteiger partial charge on any atom is -0.465 e. The van der Waals surface area contributed by atoms with E-state index in [0.717, 1.165) is 51.8 Å². The van der Waals surface area contributed by atoms with E-state index in [4.69, 9.17) is 16.3 Å². The summed E-state index contributed by atoms with van der Waals surface area (Å²) in [5.41, 5.74) is 3.35. The average Bonchev–Trinajstić information content (AvgIpc) is 3.38. The van der Waals surface area contributed by atoms with Gasteiger partial charge in [0.05, 0.1) is 31.1 Å². The Morgan fingerprint density at radius 2 is 2.03 bits per heavy atom. The van der Waals surface area contributed by atoms with Crippen LogP contribution in [0.4, 0.5) is 0 Å². The van der Waals surface area contributed by atoms with Gasteiger partial charge in [-0.05, 0) is 42.0 Å². The van der Waals surface area contributed by atoms with Crippen LogP contribution in [0.2, 0.25) is 5.02 Å². The molecule has 1 aromatic carbocycles. The first kappa shape index (κ1) is 21.3. The first-order valence-corrected chi connectivity index (χ1v) is 10.9. The van der Waals surface area contributed by atoms with Gasteiger partial charge in [0.15, 0.2) is 0 Å². The van der Waals surface area contributed by atoms with E-state index >= 15 is 0 Å². The van der Waals surface area contributed by atoms with E-state index < -0.39 is 0 Å². The lowest BCUT2D eigenvalue weighted by Gasteiger charge is -2.15. The van der Waals surface area contributed by atoms with E-state index in [2.05, 4.69) is 16.5 Å². The van der Waals surface area contributed by atoms with E-state index in [-0.39, 0.29) is 5.97 Å². The van der Waals surface area contributed by atoms with Crippen molar-refractivity contribution in [1.82, 2.24) is 9.55 Å². The molecular weight excluding hydrogens is 404 g/mol. The molecule has 0 saturated heterocycles. The molecule has 0 aliphatic heterocycles. The highest BCUT2D eigenvalue weighted by Crippen LogP contribution is 2.31. The molecule has 6 heteroatoms. The Balaban J connectivity index is 2.13. The third-order valence-corrected chi connectivity index (χ3v) is 6.15. The molecule has 0 saturated carbocycles. The van der Waals surface area contributed by atoms with Crippen LogP contribution in [0.25, 0.3) is 11.1 Å². The maximum Gasteiger partial charge on any atom is 0.339 e. The Bertz CT molecular complexity index is 1010. The number of hydrogen-bond acceptors (Lipinski definition) is 4. The highest BCUT2D eigenvalue weighted by atomic mass is 35.5. The number of ether oxygens (including phenoxy) is 1. The van der Waals surface area contributed by atoms with Gasteiger partial charge in [0, 0.05) is 16.3 Å². The van der Waals surface area contributed by atoms with Crippen LogP contribution in [0.15, 0.2) is 48.0 Å². The number of imidazole rings is 1. The zero-order chi connectivity index (χ0) is 20.8. The molecule has 0 fully saturated rings. The Morgan fingerprint density at radius 1 is 1.24 bits per heavy atom. The van der Waals surface area contributed by atoms with Crippen molar-refractivity contribution in [2.45, 2.75) is 39.7 Å². The summed E-state index contributed by atoms with van der Waals surface area (Å²) in [4.78, 5) is 18.2. The Kier molecular flexibility index (Phi) is 7.29. The fourth-order valence-corrected chi connectivity index (χ4v) is 4.32. The number of halogens is 1. The second kappa shape index (κ2) is 9.90. The molecule has 2 heterocycles. The first-order valence-electron chi connectivity index (χ1n) is 9.68. The number of aryl methyl sites for hydroxylation is 1. The smallest absolute Gasteiger partial charge is 0.339 e. The molecule has 4 nitrogen and oxygen atoms in total. The van der Waals surface area contributed by atoms with Gasteiger partial charge in [0.1, 0.15) is 5.82 Å². The minimum absolute atomic E-state index is 0.342. The molecule has 152 valence electrons. The molecule has 0 spiro atoms. The molecule has 3 aromatic rings. The number of aromatic nitrogens is 2. The molecular formula is C23H25ClN2O2S. The lowest BCUT2D eigenvalue weighted by atomic mass is 10.0. The minimum atomic E-state index is -0.342. The van der Waals surface area contributed by atoms with Crippen molar-refractivity contribution >= 4 is 40.1 Å². The molecule has 0 atom stereocenters. The van der Waals surface area contributed by atoms with Crippen LogP contribution in [-0.2, 0) is 22.5 Å². The van der Waals surface area contributed by atoms with Gasteiger partial charge < -0.3 is 9.30 Å². The number of thiophene rings is 1. The van der Waals surface area contributed by atoms with Gasteiger partial charge >= 0.3 is 5.97 Å². The molecule has 2 aromatic heterocycles. The van der Waals surface area contributed by atoms with Crippen LogP contribution < -0.4 is 0 Å². The number of methoxy groups -OCH3 is 1. The first-order chi connectivity index (χ1) is 14.1. The highest BCUT2D eigenvalue weighted by molar-refractivity contribution is 7.11. The molecule has 0 N–H and O–H groups in total. The maximum atomic E-state index is 12.6. The number of esters is 1. The van der Waals surface area contributed by atoms with Crippen LogP contribution >= 0.6 is 22.9 Å². The zero-order valence-electron chi connectivity index (χ0n) is 16.9. The van der Waals surface area contributed by atoms with Crippen LogP contribution in [-0.4, -0.2) is 22.6 Å². The van der Waals surface area contributed by atoms with Gasteiger partial charge in [0.25, 0.3) is 0 Å². The summed E-state index contributed by atoms with van der Waals surface area (Å²) in [5.74, 6) is 0.655. The summed E-state index contributed by atoms with van der Waals surface area (Å²) in [6, 6.07) is 11.7. The lowest BCUT2D eigenvalue weighted by molar-refractivity contribution is -0.133. The molecule has 0 unspecified atom stereocenters. The topological polar surface area (TPSA) is 44.1 Å². The Hall–Kier alpha value is -2.37. The van der Waals surface area contributed by atoms with Crippen molar-refractivity contribution < 1.29 is 9.53 Å². The van der Waals surface area contributed by atoms with Crippen molar-refractivity contribution in [3.8, 4) is 0 Å². The normalized spacial score (nSPS) is 12.0. The molecule has 0 radical (unpaired) electrons. The van der Waals surface area contributed by atoms with Crippen LogP contribution in [0.3, 0.4) is 0 Å². The predicted molar refractivity (Wildman–Crippen MR) is 120 cm³/mol. The standard InChI is InChI=1S/C23H25ClN2O2S/c1-4-5-12-21-25-14-19(26(21)15-17-9-6-7-10-18(17)24)16(2)22(23(27)28-3)20-11-8-13-29-20/h6-11,13-14H,4-5,12,15H2,1-3H3/b22-16-. The summed E-state index contributed by atoms with van der Waals surface area (Å²) in [6.45, 7) is 4.72. The van der Waals surface area contributed by atoms with Gasteiger partial charge in [0.2, 0.25) is 0 Å².